The fourth-order valence-corrected chi connectivity index (χ4v) is 2.01. The molecule has 11 heavy (non-hydrogen) atoms. The second-order valence-electron chi connectivity index (χ2n) is 2.98. The maximum Gasteiger partial charge on any atom is 0.0129 e. The van der Waals surface area contributed by atoms with Crippen LogP contribution in [0.3, 0.4) is 0 Å². The van der Waals surface area contributed by atoms with Crippen molar-refractivity contribution in [3.63, 3.8) is 0 Å². The van der Waals surface area contributed by atoms with Crippen molar-refractivity contribution in [2.24, 2.45) is 0 Å². The summed E-state index contributed by atoms with van der Waals surface area (Å²) in [6, 6.07) is 8.59. The molecule has 0 aromatic heterocycles. The van der Waals surface area contributed by atoms with Gasteiger partial charge < -0.3 is 0 Å². The number of fused-ring (bicyclic) bond motifs is 1. The van der Waals surface area contributed by atoms with Gasteiger partial charge in [-0.2, -0.15) is 0 Å². The highest BCUT2D eigenvalue weighted by atomic mass is 32.1. The summed E-state index contributed by atoms with van der Waals surface area (Å²) in [6.45, 7) is 0. The van der Waals surface area contributed by atoms with Crippen molar-refractivity contribution in [2.75, 3.05) is 0 Å². The van der Waals surface area contributed by atoms with Gasteiger partial charge in [-0.1, -0.05) is 36.5 Å². The Morgan fingerprint density at radius 3 is 3.00 bits per heavy atom. The van der Waals surface area contributed by atoms with Gasteiger partial charge in [0, 0.05) is 5.92 Å². The summed E-state index contributed by atoms with van der Waals surface area (Å²) in [7, 11) is 0. The Hall–Kier alpha value is -0.690. The molecule has 1 aliphatic carbocycles. The molecule has 0 fully saturated rings. The van der Waals surface area contributed by atoms with Crippen LogP contribution in [0.5, 0.6) is 0 Å². The molecule has 0 saturated heterocycles. The molecule has 2 rings (SSSR count). The highest BCUT2D eigenvalue weighted by molar-refractivity contribution is 7.79. The van der Waals surface area contributed by atoms with E-state index >= 15 is 0 Å². The third kappa shape index (κ3) is 1.10. The SMILES string of the molecule is S=CC1CCc2ccccc21. The lowest BCUT2D eigenvalue weighted by molar-refractivity contribution is 0.868. The monoisotopic (exact) mass is 162 g/mol. The van der Waals surface area contributed by atoms with Crippen molar-refractivity contribution in [3.8, 4) is 0 Å². The molecule has 1 aromatic rings. The first kappa shape index (κ1) is 6.99. The highest BCUT2D eigenvalue weighted by Crippen LogP contribution is 2.31. The fraction of sp³-hybridized carbons (Fsp3) is 0.300. The molecular formula is C10H10S. The van der Waals surface area contributed by atoms with E-state index in [1.54, 1.807) is 0 Å². The second-order valence-corrected chi connectivity index (χ2v) is 3.25. The molecule has 0 radical (unpaired) electrons. The van der Waals surface area contributed by atoms with E-state index < -0.39 is 0 Å². The Morgan fingerprint density at radius 2 is 2.18 bits per heavy atom. The van der Waals surface area contributed by atoms with Crippen molar-refractivity contribution in [3.05, 3.63) is 35.4 Å². The minimum absolute atomic E-state index is 0.543. The number of hydrogen-bond acceptors (Lipinski definition) is 1. The van der Waals surface area contributed by atoms with E-state index in [9.17, 15) is 0 Å². The summed E-state index contributed by atoms with van der Waals surface area (Å²) in [5.41, 5.74) is 2.93. The summed E-state index contributed by atoms with van der Waals surface area (Å²) in [6.07, 6.45) is 2.41. The summed E-state index contributed by atoms with van der Waals surface area (Å²) < 4.78 is 0. The molecule has 0 heterocycles. The van der Waals surface area contributed by atoms with Gasteiger partial charge in [-0.05, 0) is 29.3 Å². The van der Waals surface area contributed by atoms with Gasteiger partial charge in [0.1, 0.15) is 0 Å². The summed E-state index contributed by atoms with van der Waals surface area (Å²) in [5, 5.41) is 1.89. The van der Waals surface area contributed by atoms with E-state index in [2.05, 4.69) is 24.3 Å². The lowest BCUT2D eigenvalue weighted by Gasteiger charge is -2.02. The molecular weight excluding hydrogens is 152 g/mol. The zero-order chi connectivity index (χ0) is 7.68. The van der Waals surface area contributed by atoms with E-state index in [1.165, 1.54) is 24.0 Å². The predicted molar refractivity (Wildman–Crippen MR) is 51.2 cm³/mol. The topological polar surface area (TPSA) is 0 Å². The number of aryl methyl sites for hydroxylation is 1. The molecule has 1 aromatic carbocycles. The summed E-state index contributed by atoms with van der Waals surface area (Å²) in [5.74, 6) is 0.543. The van der Waals surface area contributed by atoms with Crippen LogP contribution >= 0.6 is 12.2 Å². The van der Waals surface area contributed by atoms with Crippen molar-refractivity contribution < 1.29 is 0 Å². The average molecular weight is 162 g/mol. The molecule has 0 bridgehead atoms. The standard InChI is InChI=1S/C10H10S/c11-7-9-6-5-8-3-1-2-4-10(8)9/h1-4,7,9H,5-6H2. The van der Waals surface area contributed by atoms with Crippen LogP contribution < -0.4 is 0 Å². The van der Waals surface area contributed by atoms with Gasteiger partial charge in [-0.25, -0.2) is 0 Å². The number of thiocarbonyl (C=S) groups is 1. The third-order valence-corrected chi connectivity index (χ3v) is 2.67. The Balaban J connectivity index is 2.46. The number of hydrogen-bond donors (Lipinski definition) is 0. The molecule has 0 spiro atoms. The van der Waals surface area contributed by atoms with Crippen molar-refractivity contribution in [1.82, 2.24) is 0 Å². The van der Waals surface area contributed by atoms with Crippen molar-refractivity contribution in [1.29, 1.82) is 0 Å². The van der Waals surface area contributed by atoms with Gasteiger partial charge in [0.05, 0.1) is 0 Å². The van der Waals surface area contributed by atoms with Gasteiger partial charge in [0.2, 0.25) is 0 Å². The van der Waals surface area contributed by atoms with Crippen molar-refractivity contribution in [2.45, 2.75) is 18.8 Å². The highest BCUT2D eigenvalue weighted by Gasteiger charge is 2.18. The molecule has 0 aliphatic heterocycles. The Bertz CT molecular complexity index is 278. The molecule has 0 amide bonds. The first-order valence-corrected chi connectivity index (χ1v) is 4.42. The summed E-state index contributed by atoms with van der Waals surface area (Å²) >= 11 is 4.96. The first-order valence-electron chi connectivity index (χ1n) is 3.95. The Kier molecular flexibility index (Phi) is 1.74. The molecule has 0 saturated carbocycles. The van der Waals surface area contributed by atoms with E-state index in [4.69, 9.17) is 12.2 Å². The van der Waals surface area contributed by atoms with Crippen LogP contribution in [-0.4, -0.2) is 5.37 Å². The summed E-state index contributed by atoms with van der Waals surface area (Å²) in [4.78, 5) is 0. The van der Waals surface area contributed by atoms with Gasteiger partial charge in [-0.3, -0.25) is 0 Å². The van der Waals surface area contributed by atoms with Crippen LogP contribution in [0.4, 0.5) is 0 Å². The van der Waals surface area contributed by atoms with E-state index in [-0.39, 0.29) is 0 Å². The third-order valence-electron chi connectivity index (χ3n) is 2.34. The minimum atomic E-state index is 0.543. The maximum absolute atomic E-state index is 4.96. The van der Waals surface area contributed by atoms with Crippen LogP contribution in [0.1, 0.15) is 23.5 Å². The van der Waals surface area contributed by atoms with E-state index in [0.29, 0.717) is 5.92 Å². The van der Waals surface area contributed by atoms with Gasteiger partial charge >= 0.3 is 0 Å². The first-order chi connectivity index (χ1) is 5.42. The zero-order valence-electron chi connectivity index (χ0n) is 6.29. The molecule has 56 valence electrons. The number of benzene rings is 1. The smallest absolute Gasteiger partial charge is 0.0129 e. The zero-order valence-corrected chi connectivity index (χ0v) is 7.10. The molecule has 1 aliphatic rings. The maximum atomic E-state index is 4.96. The van der Waals surface area contributed by atoms with Gasteiger partial charge in [0.15, 0.2) is 0 Å². The second kappa shape index (κ2) is 2.74. The predicted octanol–water partition coefficient (Wildman–Crippen LogP) is 2.72. The minimum Gasteiger partial charge on any atom is -0.0928 e. The van der Waals surface area contributed by atoms with Crippen LogP contribution in [0, 0.1) is 0 Å². The van der Waals surface area contributed by atoms with Crippen LogP contribution in [-0.2, 0) is 6.42 Å². The van der Waals surface area contributed by atoms with E-state index in [1.807, 2.05) is 5.37 Å². The molecule has 0 nitrogen and oxygen atoms in total. The normalized spacial score (nSPS) is 21.3. The molecule has 0 N–H and O–H groups in total. The molecule has 1 atom stereocenters. The molecule has 1 unspecified atom stereocenters. The Labute approximate surface area is 72.2 Å². The fourth-order valence-electron chi connectivity index (χ4n) is 1.73. The lowest BCUT2D eigenvalue weighted by Crippen LogP contribution is -1.90. The number of rotatable bonds is 1. The van der Waals surface area contributed by atoms with Gasteiger partial charge in [-0.15, -0.1) is 0 Å². The van der Waals surface area contributed by atoms with Crippen LogP contribution in [0.15, 0.2) is 24.3 Å². The van der Waals surface area contributed by atoms with Gasteiger partial charge in [0.25, 0.3) is 0 Å². The quantitative estimate of drug-likeness (QED) is 0.572. The largest absolute Gasteiger partial charge is 0.0928 e. The Morgan fingerprint density at radius 1 is 1.36 bits per heavy atom. The van der Waals surface area contributed by atoms with Crippen LogP contribution in [0.2, 0.25) is 0 Å². The van der Waals surface area contributed by atoms with Crippen molar-refractivity contribution >= 4 is 17.6 Å². The average Bonchev–Trinajstić information content (AvgIpc) is 2.47. The van der Waals surface area contributed by atoms with Crippen LogP contribution in [0.25, 0.3) is 0 Å². The lowest BCUT2D eigenvalue weighted by atomic mass is 10.0. The van der Waals surface area contributed by atoms with E-state index in [0.717, 1.165) is 0 Å². The molecule has 1 heteroatoms.